The smallest absolute Gasteiger partial charge is 0.416 e. The fraction of sp³-hybridized carbons (Fsp3) is 0.242. The van der Waals surface area contributed by atoms with Crippen molar-refractivity contribution >= 4 is 41.7 Å². The van der Waals surface area contributed by atoms with E-state index in [1.54, 1.807) is 12.1 Å². The molecule has 1 aliphatic rings. The van der Waals surface area contributed by atoms with Crippen LogP contribution in [0.5, 0.6) is 0 Å². The summed E-state index contributed by atoms with van der Waals surface area (Å²) in [6.07, 6.45) is -14.8. The van der Waals surface area contributed by atoms with Gasteiger partial charge in [-0.1, -0.05) is 43.8 Å². The molecule has 0 bridgehead atoms. The van der Waals surface area contributed by atoms with E-state index in [1.807, 2.05) is 0 Å². The Labute approximate surface area is 295 Å². The number of nitrogens with two attached hydrogens (primary N) is 2. The van der Waals surface area contributed by atoms with Crippen LogP contribution in [-0.2, 0) is 30.0 Å². The minimum absolute atomic E-state index is 0. The topological polar surface area (TPSA) is 229 Å². The molecular weight excluding hydrogens is 726 g/mol. The summed E-state index contributed by atoms with van der Waals surface area (Å²) in [5.41, 5.74) is 8.22. The average molecular weight is 757 g/mol. The second-order valence-electron chi connectivity index (χ2n) is 10.6. The predicted octanol–water partition coefficient (Wildman–Crippen LogP) is 4.20. The Morgan fingerprint density at radius 2 is 1.23 bits per heavy atom. The quantitative estimate of drug-likeness (QED) is 0.0988. The molecule has 284 valence electrons. The molecule has 14 nitrogen and oxygen atoms in total. The van der Waals surface area contributed by atoms with E-state index in [0.29, 0.717) is 12.1 Å². The van der Waals surface area contributed by atoms with E-state index < -0.39 is 90.8 Å². The van der Waals surface area contributed by atoms with Gasteiger partial charge in [0.15, 0.2) is 5.96 Å². The maximum Gasteiger partial charge on any atom is 0.416 e. The normalized spacial score (nSPS) is 14.6. The van der Waals surface area contributed by atoms with Gasteiger partial charge >= 0.3 is 36.2 Å². The molecule has 3 aromatic rings. The van der Waals surface area contributed by atoms with Crippen molar-refractivity contribution in [3.63, 3.8) is 0 Å². The number of fused-ring (bicyclic) bond motifs is 1. The number of carboxylic acids is 2. The van der Waals surface area contributed by atoms with Gasteiger partial charge in [-0.2, -0.15) is 31.3 Å². The number of esters is 2. The number of alkyl halides is 6. The first-order valence-electron chi connectivity index (χ1n) is 14.4. The molecule has 0 unspecified atom stereocenters. The predicted molar refractivity (Wildman–Crippen MR) is 170 cm³/mol. The van der Waals surface area contributed by atoms with Gasteiger partial charge in [0, 0.05) is 5.56 Å². The Kier molecular flexibility index (Phi) is 14.2. The lowest BCUT2D eigenvalue weighted by Crippen LogP contribution is -2.45. The van der Waals surface area contributed by atoms with Crippen LogP contribution in [0.3, 0.4) is 0 Å². The Bertz CT molecular complexity index is 1780. The average Bonchev–Trinajstić information content (AvgIpc) is 3.30. The number of nitrogens with zero attached hydrogens (tertiary/aromatic N) is 2. The van der Waals surface area contributed by atoms with Gasteiger partial charge in [0.25, 0.3) is 11.8 Å². The van der Waals surface area contributed by atoms with Crippen LogP contribution in [0.1, 0.15) is 62.1 Å². The monoisotopic (exact) mass is 756 g/mol. The van der Waals surface area contributed by atoms with Gasteiger partial charge in [0.2, 0.25) is 12.2 Å². The Hall–Kier alpha value is -6.47. The molecule has 0 saturated heterocycles. The molecule has 6 N–H and O–H groups in total. The van der Waals surface area contributed by atoms with Crippen molar-refractivity contribution in [2.24, 2.45) is 16.5 Å². The second kappa shape index (κ2) is 17.6. The van der Waals surface area contributed by atoms with Crippen LogP contribution in [0.25, 0.3) is 0 Å². The van der Waals surface area contributed by atoms with Crippen LogP contribution < -0.4 is 11.5 Å². The number of halogens is 6. The number of hydrogen-bond donors (Lipinski definition) is 4. The van der Waals surface area contributed by atoms with Crippen molar-refractivity contribution < 1.29 is 74.8 Å². The minimum Gasteiger partial charge on any atom is -0.478 e. The molecule has 3 aromatic carbocycles. The van der Waals surface area contributed by atoms with Crippen molar-refractivity contribution in [3.8, 4) is 0 Å². The summed E-state index contributed by atoms with van der Waals surface area (Å²) in [6, 6.07) is 15.2. The first-order valence-corrected chi connectivity index (χ1v) is 14.4. The first kappa shape index (κ1) is 42.7. The zero-order valence-electron chi connectivity index (χ0n) is 26.1. The van der Waals surface area contributed by atoms with Crippen molar-refractivity contribution in [2.45, 2.75) is 44.4 Å². The van der Waals surface area contributed by atoms with E-state index in [4.69, 9.17) is 20.9 Å². The van der Waals surface area contributed by atoms with E-state index in [0.717, 1.165) is 6.07 Å². The fourth-order valence-corrected chi connectivity index (χ4v) is 4.62. The highest BCUT2D eigenvalue weighted by Crippen LogP contribution is 2.41. The van der Waals surface area contributed by atoms with Crippen LogP contribution in [0.2, 0.25) is 0 Å². The van der Waals surface area contributed by atoms with Gasteiger partial charge in [-0.25, -0.2) is 19.2 Å². The zero-order chi connectivity index (χ0) is 39.0. The molecule has 1 heterocycles. The molecule has 0 saturated carbocycles. The summed E-state index contributed by atoms with van der Waals surface area (Å²) >= 11 is 0. The van der Waals surface area contributed by atoms with Crippen molar-refractivity contribution in [1.29, 1.82) is 0 Å². The summed E-state index contributed by atoms with van der Waals surface area (Å²) in [4.78, 5) is 74.2. The molecule has 0 fully saturated rings. The van der Waals surface area contributed by atoms with Gasteiger partial charge in [0.05, 0.1) is 29.2 Å². The summed E-state index contributed by atoms with van der Waals surface area (Å²) in [5, 5.41) is 18.5. The number of benzene rings is 3. The van der Waals surface area contributed by atoms with E-state index in [1.165, 1.54) is 48.5 Å². The summed E-state index contributed by atoms with van der Waals surface area (Å²) < 4.78 is 86.5. The molecule has 0 aliphatic carbocycles. The van der Waals surface area contributed by atoms with Crippen LogP contribution in [-0.4, -0.2) is 81.7 Å². The van der Waals surface area contributed by atoms with Crippen LogP contribution in [0.15, 0.2) is 83.9 Å². The largest absolute Gasteiger partial charge is 0.478 e. The third-order valence-corrected chi connectivity index (χ3v) is 6.83. The molecule has 4 rings (SSSR count). The third kappa shape index (κ3) is 11.8. The number of carboxylic acid groups (broad SMARTS) is 2. The molecule has 20 heteroatoms. The molecule has 2 amide bonds. The highest BCUT2D eigenvalue weighted by Gasteiger charge is 2.45. The van der Waals surface area contributed by atoms with Crippen LogP contribution in [0, 0.1) is 0 Å². The highest BCUT2D eigenvalue weighted by atomic mass is 19.4. The number of amides is 2. The number of aliphatic imine (C=N–C) groups is 1. The van der Waals surface area contributed by atoms with E-state index in [-0.39, 0.29) is 34.6 Å². The van der Waals surface area contributed by atoms with Gasteiger partial charge in [-0.05, 0) is 48.0 Å². The molecule has 0 aromatic heterocycles. The van der Waals surface area contributed by atoms with Gasteiger partial charge < -0.3 is 36.1 Å². The van der Waals surface area contributed by atoms with Gasteiger partial charge in [-0.15, -0.1) is 0 Å². The standard InChI is InChI=1S/C18H14O8.C14H12F6N4O2.CH4/c19-15(20)13(25-17(23)11-7-3-1-4-8-11)14(16(21)22)26-18(24)12-9-5-2-6-10-12;15-13(16,17)5-24-9(4-10(25)23-12(21)22)8-3-6(14(18,19)20)1-2-7(8)11(24)26;/h1-10,13-14H,(H,19,20)(H,21,22);1-3,9H,4-5H2,(H4,21,22,23,25);1H4/t13-,14-;9-;/m10./s1. The summed E-state index contributed by atoms with van der Waals surface area (Å²) in [7, 11) is 0. The lowest BCUT2D eigenvalue weighted by atomic mass is 9.99. The minimum atomic E-state index is -4.82. The van der Waals surface area contributed by atoms with Crippen molar-refractivity contribution in [2.75, 3.05) is 6.54 Å². The first-order chi connectivity index (χ1) is 24.2. The number of guanidine groups is 1. The van der Waals surface area contributed by atoms with Crippen LogP contribution >= 0.6 is 0 Å². The van der Waals surface area contributed by atoms with Crippen LogP contribution in [0.4, 0.5) is 26.3 Å². The maximum atomic E-state index is 12.9. The molecular formula is C33H30F6N4O10. The number of carbonyl (C=O) groups is 6. The molecule has 1 aliphatic heterocycles. The summed E-state index contributed by atoms with van der Waals surface area (Å²) in [5.74, 6) is -8.50. The maximum absolute atomic E-state index is 12.9. The second-order valence-corrected chi connectivity index (χ2v) is 10.6. The lowest BCUT2D eigenvalue weighted by Gasteiger charge is -2.25. The summed E-state index contributed by atoms with van der Waals surface area (Å²) in [6.45, 7) is -1.73. The van der Waals surface area contributed by atoms with Crippen molar-refractivity contribution in [1.82, 2.24) is 4.90 Å². The number of hydrogen-bond acceptors (Lipinski definition) is 8. The molecule has 53 heavy (non-hydrogen) atoms. The van der Waals surface area contributed by atoms with Gasteiger partial charge in [0.1, 0.15) is 6.54 Å². The van der Waals surface area contributed by atoms with Gasteiger partial charge in [-0.3, -0.25) is 9.59 Å². The highest BCUT2D eigenvalue weighted by molar-refractivity contribution is 6.01. The van der Waals surface area contributed by atoms with E-state index in [2.05, 4.69) is 4.99 Å². The SMILES string of the molecule is C.NC(N)=NC(=O)C[C@H]1c2cc(C(F)(F)F)ccc2C(=O)N1CC(F)(F)F.O=C(O[C@@H](C(=O)O)[C@@H](OC(=O)c1ccccc1)C(=O)O)c1ccccc1. The van der Waals surface area contributed by atoms with Crippen molar-refractivity contribution in [3.05, 3.63) is 107 Å². The molecule has 0 spiro atoms. The number of rotatable bonds is 10. The van der Waals surface area contributed by atoms with E-state index in [9.17, 15) is 65.3 Å². The number of ether oxygens (including phenoxy) is 2. The lowest BCUT2D eigenvalue weighted by molar-refractivity contribution is -0.166. The van der Waals surface area contributed by atoms with E-state index >= 15 is 0 Å². The third-order valence-electron chi connectivity index (χ3n) is 6.83. The fourth-order valence-electron chi connectivity index (χ4n) is 4.62. The Morgan fingerprint density at radius 3 is 1.60 bits per heavy atom. The molecule has 0 radical (unpaired) electrons. The Morgan fingerprint density at radius 1 is 0.774 bits per heavy atom. The zero-order valence-corrected chi connectivity index (χ0v) is 26.1. The Balaban J connectivity index is 0.000000360. The number of aliphatic carboxylic acids is 2. The molecule has 3 atom stereocenters. The number of carbonyl (C=O) groups excluding carboxylic acids is 4.